The lowest BCUT2D eigenvalue weighted by Gasteiger charge is -2.08. The lowest BCUT2D eigenvalue weighted by molar-refractivity contribution is 0.310. The summed E-state index contributed by atoms with van der Waals surface area (Å²) in [6.07, 6.45) is 10.9. The van der Waals surface area contributed by atoms with Gasteiger partial charge in [-0.25, -0.2) is 9.61 Å². The number of para-hydroxylation sites is 1. The molecule has 0 spiro atoms. The predicted octanol–water partition coefficient (Wildman–Crippen LogP) is 2.55. The van der Waals surface area contributed by atoms with E-state index in [9.17, 15) is 0 Å². The van der Waals surface area contributed by atoms with Gasteiger partial charge in [0, 0.05) is 29.7 Å². The molecule has 0 fully saturated rings. The van der Waals surface area contributed by atoms with Crippen molar-refractivity contribution in [1.29, 1.82) is 0 Å². The number of imidazole rings is 1. The minimum absolute atomic E-state index is 0.155. The Balaban J connectivity index is 1.98. The van der Waals surface area contributed by atoms with Gasteiger partial charge in [-0.15, -0.1) is 6.42 Å². The average molecular weight is 328 g/mol. The van der Waals surface area contributed by atoms with Crippen LogP contribution in [0.4, 0.5) is 5.82 Å². The van der Waals surface area contributed by atoms with Crippen molar-refractivity contribution in [3.8, 4) is 40.8 Å². The van der Waals surface area contributed by atoms with Crippen LogP contribution in [0.5, 0.6) is 0 Å². The van der Waals surface area contributed by atoms with Crippen molar-refractivity contribution in [3.63, 3.8) is 0 Å². The summed E-state index contributed by atoms with van der Waals surface area (Å²) in [6, 6.07) is 11.3. The summed E-state index contributed by atoms with van der Waals surface area (Å²) >= 11 is 0. The Morgan fingerprint density at radius 2 is 2.00 bits per heavy atom. The Hall–Kier alpha value is -3.92. The van der Waals surface area contributed by atoms with Crippen LogP contribution in [0.2, 0.25) is 0 Å². The largest absolute Gasteiger partial charge is 0.379 e. The molecular weight excluding hydrogens is 316 g/mol. The molecule has 2 N–H and O–H groups in total. The van der Waals surface area contributed by atoms with Gasteiger partial charge in [0.25, 0.3) is 0 Å². The van der Waals surface area contributed by atoms with Gasteiger partial charge in [0.1, 0.15) is 0 Å². The third-order valence-corrected chi connectivity index (χ3v) is 3.71. The first-order valence-electron chi connectivity index (χ1n) is 7.42. The van der Waals surface area contributed by atoms with Crippen LogP contribution in [0.25, 0.3) is 28.5 Å². The maximum atomic E-state index is 5.86. The van der Waals surface area contributed by atoms with Crippen LogP contribution in [-0.4, -0.2) is 24.8 Å². The number of nitrogen functional groups attached to an aromatic ring is 1. The van der Waals surface area contributed by atoms with Crippen LogP contribution in [-0.2, 0) is 0 Å². The maximum Gasteiger partial charge on any atom is 0.199 e. The molecule has 4 rings (SSSR count). The number of rotatable bonds is 3. The fourth-order valence-electron chi connectivity index (χ4n) is 2.54. The van der Waals surface area contributed by atoms with E-state index < -0.39 is 0 Å². The van der Waals surface area contributed by atoms with Gasteiger partial charge in [-0.3, -0.25) is 9.55 Å². The second kappa shape index (κ2) is 5.94. The van der Waals surface area contributed by atoms with Gasteiger partial charge < -0.3 is 5.73 Å². The molecule has 120 valence electrons. The molecular formula is C18H12N6O. The molecule has 0 saturated carbocycles. The number of nitrogens with two attached hydrogens (primary N) is 1. The van der Waals surface area contributed by atoms with E-state index in [1.807, 2.05) is 47.2 Å². The summed E-state index contributed by atoms with van der Waals surface area (Å²) in [5.74, 6) is 3.32. The number of hydrogen-bond acceptors (Lipinski definition) is 6. The second-order valence-corrected chi connectivity index (χ2v) is 5.22. The Morgan fingerprint density at radius 3 is 2.72 bits per heavy atom. The highest BCUT2D eigenvalue weighted by molar-refractivity contribution is 5.70. The van der Waals surface area contributed by atoms with E-state index in [0.29, 0.717) is 22.8 Å². The molecule has 7 heteroatoms. The Bertz CT molecular complexity index is 1070. The zero-order valence-corrected chi connectivity index (χ0v) is 13.0. The molecule has 25 heavy (non-hydrogen) atoms. The standard InChI is InChI=1S/C18H12N6O/c1-2-12-6-3-4-8-15(12)24-11-14(13-7-5-9-20-10-13)21-18(24)16-17(19)23-25-22-16/h1,3-11H,(H2,19,23). The van der Waals surface area contributed by atoms with Gasteiger partial charge in [0.2, 0.25) is 0 Å². The SMILES string of the molecule is C#Cc1ccccc1-n1cc(-c2cccnc2)nc1-c1nonc1N. The predicted molar refractivity (Wildman–Crippen MR) is 92.4 cm³/mol. The maximum absolute atomic E-state index is 5.86. The molecule has 0 bridgehead atoms. The van der Waals surface area contributed by atoms with Crippen LogP contribution in [0.3, 0.4) is 0 Å². The molecule has 3 aromatic heterocycles. The lowest BCUT2D eigenvalue weighted by atomic mass is 10.2. The highest BCUT2D eigenvalue weighted by Gasteiger charge is 2.20. The van der Waals surface area contributed by atoms with E-state index in [2.05, 4.69) is 26.2 Å². The minimum atomic E-state index is 0.155. The van der Waals surface area contributed by atoms with Crippen LogP contribution in [0.15, 0.2) is 59.6 Å². The van der Waals surface area contributed by atoms with Gasteiger partial charge in [-0.1, -0.05) is 18.1 Å². The molecule has 0 radical (unpaired) electrons. The number of benzene rings is 1. The van der Waals surface area contributed by atoms with Crippen molar-refractivity contribution in [1.82, 2.24) is 24.8 Å². The minimum Gasteiger partial charge on any atom is -0.379 e. The first kappa shape index (κ1) is 14.7. The van der Waals surface area contributed by atoms with E-state index in [1.54, 1.807) is 12.4 Å². The zero-order valence-electron chi connectivity index (χ0n) is 13.0. The molecule has 0 amide bonds. The third-order valence-electron chi connectivity index (χ3n) is 3.71. The molecule has 3 heterocycles. The average Bonchev–Trinajstić information content (AvgIpc) is 3.28. The van der Waals surface area contributed by atoms with Gasteiger partial charge >= 0.3 is 0 Å². The van der Waals surface area contributed by atoms with Gasteiger partial charge in [0.05, 0.1) is 11.4 Å². The van der Waals surface area contributed by atoms with Crippen LogP contribution >= 0.6 is 0 Å². The van der Waals surface area contributed by atoms with Crippen LogP contribution in [0, 0.1) is 12.3 Å². The fourth-order valence-corrected chi connectivity index (χ4v) is 2.54. The number of hydrogen-bond donors (Lipinski definition) is 1. The third kappa shape index (κ3) is 2.52. The van der Waals surface area contributed by atoms with Gasteiger partial charge in [-0.05, 0) is 34.6 Å². The normalized spacial score (nSPS) is 10.5. The van der Waals surface area contributed by atoms with Crippen molar-refractivity contribution < 1.29 is 4.63 Å². The zero-order chi connectivity index (χ0) is 17.2. The lowest BCUT2D eigenvalue weighted by Crippen LogP contribution is -2.00. The van der Waals surface area contributed by atoms with Crippen molar-refractivity contribution in [2.24, 2.45) is 0 Å². The molecule has 0 unspecified atom stereocenters. The van der Waals surface area contributed by atoms with E-state index in [0.717, 1.165) is 11.3 Å². The molecule has 0 aliphatic rings. The summed E-state index contributed by atoms with van der Waals surface area (Å²) in [6.45, 7) is 0. The van der Waals surface area contributed by atoms with E-state index >= 15 is 0 Å². The molecule has 0 saturated heterocycles. The molecule has 4 aromatic rings. The van der Waals surface area contributed by atoms with E-state index in [-0.39, 0.29) is 5.82 Å². The summed E-state index contributed by atoms with van der Waals surface area (Å²) in [4.78, 5) is 8.78. The van der Waals surface area contributed by atoms with Crippen molar-refractivity contribution in [2.75, 3.05) is 5.73 Å². The highest BCUT2D eigenvalue weighted by atomic mass is 16.6. The second-order valence-electron chi connectivity index (χ2n) is 5.22. The highest BCUT2D eigenvalue weighted by Crippen LogP contribution is 2.29. The topological polar surface area (TPSA) is 95.6 Å². The number of aromatic nitrogens is 5. The molecule has 0 aliphatic heterocycles. The number of nitrogens with zero attached hydrogens (tertiary/aromatic N) is 5. The van der Waals surface area contributed by atoms with Crippen molar-refractivity contribution in [2.45, 2.75) is 0 Å². The fraction of sp³-hybridized carbons (Fsp3) is 0. The Labute approximate surface area is 143 Å². The summed E-state index contributed by atoms with van der Waals surface area (Å²) in [7, 11) is 0. The van der Waals surface area contributed by atoms with Crippen LogP contribution < -0.4 is 5.73 Å². The first-order valence-corrected chi connectivity index (χ1v) is 7.42. The van der Waals surface area contributed by atoms with E-state index in [1.165, 1.54) is 0 Å². The Kier molecular flexibility index (Phi) is 3.48. The quantitative estimate of drug-likeness (QED) is 0.581. The van der Waals surface area contributed by atoms with Crippen molar-refractivity contribution in [3.05, 3.63) is 60.6 Å². The molecule has 7 nitrogen and oxygen atoms in total. The first-order chi connectivity index (χ1) is 12.3. The smallest absolute Gasteiger partial charge is 0.199 e. The van der Waals surface area contributed by atoms with Crippen LogP contribution in [0.1, 0.15) is 5.56 Å². The van der Waals surface area contributed by atoms with Gasteiger partial charge in [0.15, 0.2) is 17.3 Å². The Morgan fingerprint density at radius 1 is 1.12 bits per heavy atom. The summed E-state index contributed by atoms with van der Waals surface area (Å²) in [5.41, 5.74) is 9.28. The van der Waals surface area contributed by atoms with Gasteiger partial charge in [-0.2, -0.15) is 0 Å². The monoisotopic (exact) mass is 328 g/mol. The number of pyridine rings is 1. The summed E-state index contributed by atoms with van der Waals surface area (Å²) < 4.78 is 6.56. The summed E-state index contributed by atoms with van der Waals surface area (Å²) in [5, 5.41) is 7.51. The molecule has 1 aromatic carbocycles. The van der Waals surface area contributed by atoms with E-state index in [4.69, 9.17) is 16.8 Å². The molecule has 0 aliphatic carbocycles. The number of terminal acetylenes is 1. The molecule has 0 atom stereocenters. The number of anilines is 1. The van der Waals surface area contributed by atoms with Crippen molar-refractivity contribution >= 4 is 5.82 Å².